The third-order valence-corrected chi connectivity index (χ3v) is 8.19. The zero-order chi connectivity index (χ0) is 21.7. The van der Waals surface area contributed by atoms with Gasteiger partial charge in [-0.1, -0.05) is 5.16 Å². The van der Waals surface area contributed by atoms with Crippen molar-refractivity contribution in [3.63, 3.8) is 0 Å². The number of rotatable bonds is 7. The monoisotopic (exact) mass is 549 g/mol. The van der Waals surface area contributed by atoms with Gasteiger partial charge in [-0.15, -0.1) is 0 Å². The van der Waals surface area contributed by atoms with Crippen molar-refractivity contribution in [2.45, 2.75) is 30.9 Å². The van der Waals surface area contributed by atoms with Crippen LogP contribution in [0.15, 0.2) is 28.8 Å². The van der Waals surface area contributed by atoms with E-state index in [-0.39, 0.29) is 35.6 Å². The minimum absolute atomic E-state index is 0.0224. The summed E-state index contributed by atoms with van der Waals surface area (Å²) in [5.74, 6) is -1.18. The van der Waals surface area contributed by atoms with Crippen LogP contribution in [-0.2, 0) is 10.0 Å². The molecule has 1 aliphatic carbocycles. The second kappa shape index (κ2) is 7.61. The maximum Gasteiger partial charge on any atom is 0.238 e. The van der Waals surface area contributed by atoms with Crippen LogP contribution in [0.3, 0.4) is 0 Å². The topological polar surface area (TPSA) is 104 Å². The van der Waals surface area contributed by atoms with Gasteiger partial charge in [0.05, 0.1) is 16.1 Å². The smallest absolute Gasteiger partial charge is 0.238 e. The summed E-state index contributed by atoms with van der Waals surface area (Å²) in [6, 6.07) is 5.74. The van der Waals surface area contributed by atoms with Gasteiger partial charge in [-0.25, -0.2) is 17.2 Å². The fraction of sp³-hybridized carbons (Fsp3) is 0.316. The van der Waals surface area contributed by atoms with E-state index in [4.69, 9.17) is 4.52 Å². The first-order valence-corrected chi connectivity index (χ1v) is 11.7. The average Bonchev–Trinajstić information content (AvgIpc) is 3.38. The van der Waals surface area contributed by atoms with Crippen molar-refractivity contribution in [1.29, 1.82) is 0 Å². The number of aliphatic hydroxyl groups excluding tert-OH is 1. The highest BCUT2D eigenvalue weighted by molar-refractivity contribution is 14.1. The summed E-state index contributed by atoms with van der Waals surface area (Å²) in [5.41, 5.74) is -0.473. The van der Waals surface area contributed by atoms with Gasteiger partial charge in [-0.3, -0.25) is 4.72 Å². The van der Waals surface area contributed by atoms with E-state index in [0.29, 0.717) is 27.6 Å². The molecule has 1 heterocycles. The van der Waals surface area contributed by atoms with Crippen LogP contribution in [0.5, 0.6) is 0 Å². The number of nitrogens with zero attached hydrogens (tertiary/aromatic N) is 1. The largest absolute Gasteiger partial charge is 0.396 e. The maximum absolute atomic E-state index is 15.3. The normalized spacial score (nSPS) is 15.4. The van der Waals surface area contributed by atoms with Crippen LogP contribution in [-0.4, -0.2) is 30.0 Å². The first-order valence-electron chi connectivity index (χ1n) is 9.11. The SMILES string of the molecule is Cc1onc2c(F)c(Nc3ccc(I)cc3F)c(NS(=O)(=O)C3(CCO)CC3)cc12. The number of fused-ring (bicyclic) bond motifs is 1. The lowest BCUT2D eigenvalue weighted by Crippen LogP contribution is -2.31. The molecular weight excluding hydrogens is 531 g/mol. The average molecular weight is 549 g/mol. The third-order valence-electron chi connectivity index (χ3n) is 5.27. The molecule has 0 amide bonds. The molecule has 3 aromatic rings. The van der Waals surface area contributed by atoms with Crippen molar-refractivity contribution in [3.8, 4) is 0 Å². The molecule has 4 rings (SSSR count). The van der Waals surface area contributed by atoms with Crippen LogP contribution in [0.4, 0.5) is 25.8 Å². The van der Waals surface area contributed by atoms with Crippen LogP contribution < -0.4 is 10.0 Å². The summed E-state index contributed by atoms with van der Waals surface area (Å²) in [4.78, 5) is 0. The zero-order valence-electron chi connectivity index (χ0n) is 15.8. The lowest BCUT2D eigenvalue weighted by molar-refractivity contribution is 0.283. The van der Waals surface area contributed by atoms with E-state index in [9.17, 15) is 17.9 Å². The molecule has 7 nitrogen and oxygen atoms in total. The summed E-state index contributed by atoms with van der Waals surface area (Å²) < 4.78 is 62.6. The predicted octanol–water partition coefficient (Wildman–Crippen LogP) is 4.42. The molecule has 30 heavy (non-hydrogen) atoms. The van der Waals surface area contributed by atoms with E-state index < -0.39 is 26.4 Å². The van der Waals surface area contributed by atoms with Gasteiger partial charge < -0.3 is 14.9 Å². The van der Waals surface area contributed by atoms with Gasteiger partial charge in [0.25, 0.3) is 0 Å². The first kappa shape index (κ1) is 21.2. The molecule has 3 N–H and O–H groups in total. The highest BCUT2D eigenvalue weighted by atomic mass is 127. The number of aryl methyl sites for hydroxylation is 1. The molecule has 2 aromatic carbocycles. The second-order valence-corrected chi connectivity index (χ2v) is 10.6. The van der Waals surface area contributed by atoms with Crippen molar-refractivity contribution in [2.75, 3.05) is 16.6 Å². The molecule has 1 aromatic heterocycles. The number of nitrogens with one attached hydrogen (secondary N) is 2. The Balaban J connectivity index is 1.83. The number of hydrogen-bond donors (Lipinski definition) is 3. The van der Waals surface area contributed by atoms with Gasteiger partial charge in [0.2, 0.25) is 10.0 Å². The van der Waals surface area contributed by atoms with Crippen LogP contribution in [0.1, 0.15) is 25.0 Å². The van der Waals surface area contributed by atoms with Gasteiger partial charge in [-0.05, 0) is 73.0 Å². The van der Waals surface area contributed by atoms with Crippen molar-refractivity contribution in [2.24, 2.45) is 0 Å². The molecule has 0 radical (unpaired) electrons. The molecule has 0 atom stereocenters. The molecule has 11 heteroatoms. The summed E-state index contributed by atoms with van der Waals surface area (Å²) in [6.07, 6.45) is 0.872. The van der Waals surface area contributed by atoms with E-state index in [2.05, 4.69) is 15.2 Å². The lowest BCUT2D eigenvalue weighted by atomic mass is 10.1. The number of anilines is 3. The van der Waals surface area contributed by atoms with E-state index >= 15 is 4.39 Å². The summed E-state index contributed by atoms with van der Waals surface area (Å²) >= 11 is 1.95. The molecule has 1 saturated carbocycles. The highest BCUT2D eigenvalue weighted by Gasteiger charge is 2.54. The standard InChI is InChI=1S/C19H18F2IN3O4S/c1-10-12-9-15(25-30(27,28)19(4-5-19)6-7-26)18(16(21)17(12)24-29-10)23-14-3-2-11(22)8-13(14)20/h2-3,8-9,23,25-26H,4-7H2,1H3. The number of aliphatic hydroxyl groups is 1. The fourth-order valence-electron chi connectivity index (χ4n) is 3.34. The van der Waals surface area contributed by atoms with E-state index in [1.165, 1.54) is 18.2 Å². The molecular formula is C19H18F2IN3O4S. The summed E-state index contributed by atoms with van der Waals surface area (Å²) in [5, 5.41) is 15.9. The summed E-state index contributed by atoms with van der Waals surface area (Å²) in [7, 11) is -3.94. The molecule has 0 aliphatic heterocycles. The molecule has 160 valence electrons. The quantitative estimate of drug-likeness (QED) is 0.377. The molecule has 1 aliphatic rings. The Labute approximate surface area is 185 Å². The minimum Gasteiger partial charge on any atom is -0.396 e. The van der Waals surface area contributed by atoms with E-state index in [1.807, 2.05) is 22.6 Å². The Bertz CT molecular complexity index is 1240. The molecule has 0 unspecified atom stereocenters. The Hall–Kier alpha value is -1.99. The number of benzene rings is 2. The summed E-state index contributed by atoms with van der Waals surface area (Å²) in [6.45, 7) is 1.30. The van der Waals surface area contributed by atoms with Gasteiger partial charge in [0, 0.05) is 15.6 Å². The number of hydrogen-bond acceptors (Lipinski definition) is 6. The van der Waals surface area contributed by atoms with Gasteiger partial charge in [0.1, 0.15) is 17.3 Å². The molecule has 0 spiro atoms. The fourth-order valence-corrected chi connectivity index (χ4v) is 5.46. The highest BCUT2D eigenvalue weighted by Crippen LogP contribution is 2.48. The molecule has 1 fully saturated rings. The predicted molar refractivity (Wildman–Crippen MR) is 117 cm³/mol. The second-order valence-electron chi connectivity index (χ2n) is 7.26. The minimum atomic E-state index is -3.94. The first-order chi connectivity index (χ1) is 14.2. The van der Waals surface area contributed by atoms with Gasteiger partial charge in [-0.2, -0.15) is 0 Å². The Morgan fingerprint density at radius 1 is 1.27 bits per heavy atom. The third kappa shape index (κ3) is 3.62. The van der Waals surface area contributed by atoms with Crippen LogP contribution in [0.2, 0.25) is 0 Å². The lowest BCUT2D eigenvalue weighted by Gasteiger charge is -2.20. The number of aromatic nitrogens is 1. The van der Waals surface area contributed by atoms with Crippen LogP contribution in [0.25, 0.3) is 10.9 Å². The van der Waals surface area contributed by atoms with Gasteiger partial charge in [0.15, 0.2) is 11.3 Å². The Kier molecular flexibility index (Phi) is 5.39. The van der Waals surface area contributed by atoms with Crippen LogP contribution >= 0.6 is 22.6 Å². The molecule has 0 saturated heterocycles. The zero-order valence-corrected chi connectivity index (χ0v) is 18.8. The molecule has 0 bridgehead atoms. The van der Waals surface area contributed by atoms with Crippen molar-refractivity contribution >= 4 is 60.6 Å². The number of sulfonamides is 1. The van der Waals surface area contributed by atoms with Gasteiger partial charge >= 0.3 is 0 Å². The van der Waals surface area contributed by atoms with Crippen LogP contribution in [0, 0.1) is 22.1 Å². The van der Waals surface area contributed by atoms with Crippen molar-refractivity contribution in [3.05, 3.63) is 45.2 Å². The Morgan fingerprint density at radius 2 is 2.00 bits per heavy atom. The van der Waals surface area contributed by atoms with Crippen molar-refractivity contribution < 1.29 is 26.8 Å². The Morgan fingerprint density at radius 3 is 2.63 bits per heavy atom. The number of halogens is 3. The maximum atomic E-state index is 15.3. The van der Waals surface area contributed by atoms with E-state index in [0.717, 1.165) is 0 Å². The van der Waals surface area contributed by atoms with E-state index in [1.54, 1.807) is 13.0 Å². The van der Waals surface area contributed by atoms with Crippen molar-refractivity contribution in [1.82, 2.24) is 5.16 Å².